The van der Waals surface area contributed by atoms with Crippen LogP contribution in [0.2, 0.25) is 4.34 Å². The Balaban J connectivity index is 2.48. The highest BCUT2D eigenvalue weighted by atomic mass is 35.5. The number of ether oxygens (including phenoxy) is 1. The molecule has 1 aromatic carbocycles. The molecule has 6 nitrogen and oxygen atoms in total. The van der Waals surface area contributed by atoms with Crippen LogP contribution in [0.3, 0.4) is 0 Å². The molecule has 2 rings (SSSR count). The molecule has 1 heterocycles. The number of halogens is 1. The first kappa shape index (κ1) is 18.4. The predicted molar refractivity (Wildman–Crippen MR) is 93.4 cm³/mol. The standard InChI is InChI=1S/C15H14ClNO5S2/c1-3-22-15(19)10-5-4-6-11(9-10)17(24(2,20)21)14(18)12-7-8-13(16)23-12/h4-9H,3H2,1-2H3. The Morgan fingerprint density at radius 3 is 2.50 bits per heavy atom. The molecular formula is C15H14ClNO5S2. The van der Waals surface area contributed by atoms with Crippen LogP contribution >= 0.6 is 22.9 Å². The van der Waals surface area contributed by atoms with E-state index in [0.717, 1.165) is 17.6 Å². The van der Waals surface area contributed by atoms with Crippen molar-refractivity contribution in [1.82, 2.24) is 0 Å². The molecule has 2 aromatic rings. The second kappa shape index (κ2) is 7.33. The van der Waals surface area contributed by atoms with Crippen LogP contribution in [-0.4, -0.2) is 33.2 Å². The molecule has 0 N–H and O–H groups in total. The minimum Gasteiger partial charge on any atom is -0.462 e. The summed E-state index contributed by atoms with van der Waals surface area (Å²) in [5, 5.41) is 0. The monoisotopic (exact) mass is 387 g/mol. The number of thiophene rings is 1. The molecule has 0 bridgehead atoms. The summed E-state index contributed by atoms with van der Waals surface area (Å²) in [4.78, 5) is 24.6. The number of sulfonamides is 1. The molecule has 0 fully saturated rings. The van der Waals surface area contributed by atoms with E-state index in [9.17, 15) is 18.0 Å². The van der Waals surface area contributed by atoms with E-state index in [1.807, 2.05) is 0 Å². The number of carbonyl (C=O) groups is 2. The maximum absolute atomic E-state index is 12.6. The summed E-state index contributed by atoms with van der Waals surface area (Å²) in [6.07, 6.45) is 0.914. The fourth-order valence-corrected chi connectivity index (χ4v) is 3.89. The smallest absolute Gasteiger partial charge is 0.338 e. The van der Waals surface area contributed by atoms with Gasteiger partial charge in [-0.1, -0.05) is 17.7 Å². The Morgan fingerprint density at radius 2 is 1.96 bits per heavy atom. The van der Waals surface area contributed by atoms with Gasteiger partial charge in [-0.3, -0.25) is 4.79 Å². The number of carbonyl (C=O) groups excluding carboxylic acids is 2. The Kier molecular flexibility index (Phi) is 5.63. The minimum atomic E-state index is -3.92. The lowest BCUT2D eigenvalue weighted by Crippen LogP contribution is -2.35. The van der Waals surface area contributed by atoms with Gasteiger partial charge >= 0.3 is 5.97 Å². The second-order valence-corrected chi connectivity index (χ2v) is 8.25. The van der Waals surface area contributed by atoms with Crippen LogP contribution in [-0.2, 0) is 14.8 Å². The zero-order valence-electron chi connectivity index (χ0n) is 12.9. The number of hydrogen-bond donors (Lipinski definition) is 0. The van der Waals surface area contributed by atoms with Gasteiger partial charge in [0.2, 0.25) is 10.0 Å². The normalized spacial score (nSPS) is 11.1. The van der Waals surface area contributed by atoms with Crippen molar-refractivity contribution in [1.29, 1.82) is 0 Å². The molecule has 0 aliphatic carbocycles. The van der Waals surface area contributed by atoms with Gasteiger partial charge in [-0.15, -0.1) is 11.3 Å². The molecule has 9 heteroatoms. The number of rotatable bonds is 5. The van der Waals surface area contributed by atoms with E-state index in [1.165, 1.54) is 36.4 Å². The van der Waals surface area contributed by atoms with Crippen LogP contribution in [0.15, 0.2) is 36.4 Å². The molecule has 0 spiro atoms. The average Bonchev–Trinajstić information content (AvgIpc) is 2.93. The van der Waals surface area contributed by atoms with Gasteiger partial charge in [-0.2, -0.15) is 0 Å². The van der Waals surface area contributed by atoms with E-state index >= 15 is 0 Å². The summed E-state index contributed by atoms with van der Waals surface area (Å²) < 4.78 is 30.1. The number of anilines is 1. The topological polar surface area (TPSA) is 80.8 Å². The summed E-state index contributed by atoms with van der Waals surface area (Å²) in [5.41, 5.74) is 0.206. The van der Waals surface area contributed by atoms with Crippen molar-refractivity contribution in [3.05, 3.63) is 51.2 Å². The molecule has 0 radical (unpaired) electrons. The number of benzene rings is 1. The van der Waals surface area contributed by atoms with E-state index in [1.54, 1.807) is 6.92 Å². The molecule has 128 valence electrons. The lowest BCUT2D eigenvalue weighted by molar-refractivity contribution is 0.0526. The summed E-state index contributed by atoms with van der Waals surface area (Å²) in [5.74, 6) is -1.34. The molecule has 1 aromatic heterocycles. The quantitative estimate of drug-likeness (QED) is 0.736. The molecular weight excluding hydrogens is 374 g/mol. The lowest BCUT2D eigenvalue weighted by Gasteiger charge is -2.20. The van der Waals surface area contributed by atoms with Crippen molar-refractivity contribution < 1.29 is 22.7 Å². The first-order valence-corrected chi connectivity index (χ1v) is 9.85. The highest BCUT2D eigenvalue weighted by molar-refractivity contribution is 7.92. The Morgan fingerprint density at radius 1 is 1.25 bits per heavy atom. The second-order valence-electron chi connectivity index (χ2n) is 4.71. The van der Waals surface area contributed by atoms with E-state index in [4.69, 9.17) is 16.3 Å². The van der Waals surface area contributed by atoms with Crippen molar-refractivity contribution in [3.8, 4) is 0 Å². The summed E-state index contributed by atoms with van der Waals surface area (Å²) >= 11 is 6.78. The van der Waals surface area contributed by atoms with Gasteiger partial charge in [0.05, 0.1) is 33.3 Å². The third kappa shape index (κ3) is 4.14. The molecule has 0 atom stereocenters. The van der Waals surface area contributed by atoms with Crippen LogP contribution < -0.4 is 4.31 Å². The number of amides is 1. The summed E-state index contributed by atoms with van der Waals surface area (Å²) in [6, 6.07) is 8.64. The minimum absolute atomic E-state index is 0.0533. The van der Waals surface area contributed by atoms with Crippen molar-refractivity contribution in [2.75, 3.05) is 17.2 Å². The molecule has 0 aliphatic heterocycles. The molecule has 1 amide bonds. The molecule has 0 unspecified atom stereocenters. The van der Waals surface area contributed by atoms with Gasteiger partial charge in [0.1, 0.15) is 0 Å². The van der Waals surface area contributed by atoms with Crippen LogP contribution in [0.4, 0.5) is 5.69 Å². The first-order chi connectivity index (χ1) is 11.2. The van der Waals surface area contributed by atoms with E-state index in [0.29, 0.717) is 8.64 Å². The maximum Gasteiger partial charge on any atom is 0.338 e. The molecule has 0 saturated carbocycles. The zero-order chi connectivity index (χ0) is 17.9. The highest BCUT2D eigenvalue weighted by Gasteiger charge is 2.28. The fourth-order valence-electron chi connectivity index (χ4n) is 1.96. The molecule has 24 heavy (non-hydrogen) atoms. The van der Waals surface area contributed by atoms with Gasteiger partial charge in [0.25, 0.3) is 5.91 Å². The summed E-state index contributed by atoms with van der Waals surface area (Å²) in [6.45, 7) is 1.85. The molecule has 0 saturated heterocycles. The van der Waals surface area contributed by atoms with Crippen molar-refractivity contribution in [3.63, 3.8) is 0 Å². The Bertz CT molecular complexity index is 875. The van der Waals surface area contributed by atoms with Crippen LogP contribution in [0.1, 0.15) is 27.0 Å². The average molecular weight is 388 g/mol. The molecule has 0 aliphatic rings. The van der Waals surface area contributed by atoms with Crippen LogP contribution in [0.5, 0.6) is 0 Å². The van der Waals surface area contributed by atoms with Gasteiger partial charge in [-0.05, 0) is 37.3 Å². The van der Waals surface area contributed by atoms with E-state index in [-0.39, 0.29) is 22.7 Å². The number of nitrogens with zero attached hydrogens (tertiary/aromatic N) is 1. The maximum atomic E-state index is 12.6. The van der Waals surface area contributed by atoms with Gasteiger partial charge < -0.3 is 4.74 Å². The predicted octanol–water partition coefficient (Wildman–Crippen LogP) is 3.18. The van der Waals surface area contributed by atoms with E-state index in [2.05, 4.69) is 0 Å². The Labute approximate surface area is 148 Å². The SMILES string of the molecule is CCOC(=O)c1cccc(N(C(=O)c2ccc(Cl)s2)S(C)(=O)=O)c1. The third-order valence-electron chi connectivity index (χ3n) is 2.89. The number of esters is 1. The highest BCUT2D eigenvalue weighted by Crippen LogP contribution is 2.27. The fraction of sp³-hybridized carbons (Fsp3) is 0.200. The van der Waals surface area contributed by atoms with Crippen LogP contribution in [0, 0.1) is 0 Å². The van der Waals surface area contributed by atoms with Crippen molar-refractivity contribution >= 4 is 50.5 Å². The van der Waals surface area contributed by atoms with Gasteiger partial charge in [0, 0.05) is 0 Å². The largest absolute Gasteiger partial charge is 0.462 e. The third-order valence-corrected chi connectivity index (χ3v) is 5.15. The van der Waals surface area contributed by atoms with Crippen molar-refractivity contribution in [2.45, 2.75) is 6.92 Å². The summed E-state index contributed by atoms with van der Waals surface area (Å²) in [7, 11) is -3.92. The van der Waals surface area contributed by atoms with Crippen LogP contribution in [0.25, 0.3) is 0 Å². The van der Waals surface area contributed by atoms with Gasteiger partial charge in [-0.25, -0.2) is 17.5 Å². The van der Waals surface area contributed by atoms with Gasteiger partial charge in [0.15, 0.2) is 0 Å². The number of hydrogen-bond acceptors (Lipinski definition) is 6. The van der Waals surface area contributed by atoms with Crippen molar-refractivity contribution in [2.24, 2.45) is 0 Å². The zero-order valence-corrected chi connectivity index (χ0v) is 15.2. The van der Waals surface area contributed by atoms with E-state index < -0.39 is 21.9 Å². The lowest BCUT2D eigenvalue weighted by atomic mass is 10.2. The Hall–Kier alpha value is -1.90. The first-order valence-electron chi connectivity index (χ1n) is 6.81.